The van der Waals surface area contributed by atoms with Crippen molar-refractivity contribution < 1.29 is 29.0 Å². The van der Waals surface area contributed by atoms with Crippen molar-refractivity contribution >= 4 is 52.3 Å². The van der Waals surface area contributed by atoms with Gasteiger partial charge in [0.2, 0.25) is 23.1 Å². The van der Waals surface area contributed by atoms with Gasteiger partial charge in [0.25, 0.3) is 0 Å². The third-order valence-corrected chi connectivity index (χ3v) is 7.43. The number of anilines is 1. The van der Waals surface area contributed by atoms with E-state index in [1.807, 2.05) is 6.92 Å². The molecule has 1 aliphatic heterocycles. The topological polar surface area (TPSA) is 110 Å². The molecule has 0 saturated carbocycles. The molecule has 0 aromatic heterocycles. The molecule has 1 aliphatic carbocycles. The summed E-state index contributed by atoms with van der Waals surface area (Å²) in [6.45, 7) is 1.88. The molecule has 1 saturated heterocycles. The number of fused-ring (bicyclic) bond motifs is 1. The number of rotatable bonds is 4. The Morgan fingerprint density at radius 2 is 1.53 bits per heavy atom. The van der Waals surface area contributed by atoms with E-state index in [0.717, 1.165) is 5.56 Å². The summed E-state index contributed by atoms with van der Waals surface area (Å²) >= 11 is 12.3. The van der Waals surface area contributed by atoms with Crippen LogP contribution in [0, 0.1) is 18.8 Å². The maximum atomic E-state index is 13.6. The van der Waals surface area contributed by atoms with Crippen LogP contribution in [-0.4, -0.2) is 34.2 Å². The predicted molar refractivity (Wildman–Crippen MR) is 133 cm³/mol. The fourth-order valence-electron chi connectivity index (χ4n) is 4.99. The highest BCUT2D eigenvalue weighted by molar-refractivity contribution is 6.42. The fourth-order valence-corrected chi connectivity index (χ4v) is 5.30. The van der Waals surface area contributed by atoms with Crippen LogP contribution in [0.15, 0.2) is 66.7 Å². The first-order valence-corrected chi connectivity index (χ1v) is 11.8. The second-order valence-corrected chi connectivity index (χ2v) is 9.66. The second kappa shape index (κ2) is 8.85. The molecule has 3 aromatic rings. The molecule has 3 atom stereocenters. The highest BCUT2D eigenvalue weighted by atomic mass is 35.5. The van der Waals surface area contributed by atoms with Gasteiger partial charge in [-0.3, -0.25) is 19.2 Å². The van der Waals surface area contributed by atoms with E-state index in [1.165, 1.54) is 30.3 Å². The van der Waals surface area contributed by atoms with Gasteiger partial charge in [-0.15, -0.1) is 0 Å². The van der Waals surface area contributed by atoms with Crippen LogP contribution in [0.25, 0.3) is 0 Å². The molecular weight excluding hydrogens is 505 g/mol. The Labute approximate surface area is 216 Å². The molecule has 1 fully saturated rings. The molecule has 0 radical (unpaired) electrons. The molecule has 3 aromatic carbocycles. The van der Waals surface area contributed by atoms with E-state index in [2.05, 4.69) is 5.32 Å². The van der Waals surface area contributed by atoms with Crippen LogP contribution in [0.5, 0.6) is 0 Å². The summed E-state index contributed by atoms with van der Waals surface area (Å²) < 4.78 is 6.12. The van der Waals surface area contributed by atoms with Gasteiger partial charge in [0, 0.05) is 16.8 Å². The molecule has 9 heteroatoms. The smallest absolute Gasteiger partial charge is 0.311 e. The van der Waals surface area contributed by atoms with Gasteiger partial charge in [-0.25, -0.2) is 0 Å². The average Bonchev–Trinajstić information content (AvgIpc) is 3.33. The van der Waals surface area contributed by atoms with E-state index in [4.69, 9.17) is 27.9 Å². The van der Waals surface area contributed by atoms with Gasteiger partial charge in [-0.05, 0) is 36.8 Å². The van der Waals surface area contributed by atoms with Crippen molar-refractivity contribution in [3.8, 4) is 0 Å². The minimum atomic E-state index is -2.40. The molecule has 1 heterocycles. The number of carboxylic acid groups (broad SMARTS) is 1. The predicted octanol–water partition coefficient (Wildman–Crippen LogP) is 5.15. The zero-order chi connectivity index (χ0) is 25.8. The van der Waals surface area contributed by atoms with Crippen molar-refractivity contribution in [2.75, 3.05) is 5.32 Å². The van der Waals surface area contributed by atoms with Gasteiger partial charge in [-0.1, -0.05) is 71.2 Å². The molecule has 0 bridgehead atoms. The molecule has 1 amide bonds. The van der Waals surface area contributed by atoms with Crippen molar-refractivity contribution in [2.24, 2.45) is 11.8 Å². The summed E-state index contributed by atoms with van der Waals surface area (Å²) in [6, 6.07) is 17.4. The number of ketones is 2. The number of hydrogen-bond donors (Lipinski definition) is 2. The molecule has 3 unspecified atom stereocenters. The van der Waals surface area contributed by atoms with Crippen LogP contribution in [-0.2, 0) is 14.3 Å². The lowest BCUT2D eigenvalue weighted by atomic mass is 9.75. The number of aryl methyl sites for hydroxylation is 1. The van der Waals surface area contributed by atoms with Crippen molar-refractivity contribution in [1.82, 2.24) is 0 Å². The number of nitrogens with one attached hydrogen (secondary N) is 1. The minimum absolute atomic E-state index is 0.0567. The number of benzene rings is 3. The first-order valence-electron chi connectivity index (χ1n) is 11.1. The van der Waals surface area contributed by atoms with E-state index in [0.29, 0.717) is 11.3 Å². The van der Waals surface area contributed by atoms with Crippen molar-refractivity contribution in [3.05, 3.63) is 99.0 Å². The monoisotopic (exact) mass is 523 g/mol. The first-order chi connectivity index (χ1) is 17.1. The second-order valence-electron chi connectivity index (χ2n) is 8.85. The van der Waals surface area contributed by atoms with Crippen molar-refractivity contribution in [1.29, 1.82) is 0 Å². The van der Waals surface area contributed by atoms with Crippen molar-refractivity contribution in [3.63, 3.8) is 0 Å². The number of Topliss-reactive ketones (excluding diaryl/α,β-unsaturated/α-hetero) is 2. The van der Waals surface area contributed by atoms with Gasteiger partial charge in [-0.2, -0.15) is 0 Å². The Kier molecular flexibility index (Phi) is 5.95. The van der Waals surface area contributed by atoms with E-state index in [9.17, 15) is 24.3 Å². The number of carbonyl (C=O) groups is 4. The fraction of sp³-hybridized carbons (Fsp3) is 0.185. The summed E-state index contributed by atoms with van der Waals surface area (Å²) in [7, 11) is 0. The van der Waals surface area contributed by atoms with Crippen molar-refractivity contribution in [2.45, 2.75) is 18.6 Å². The summed E-state index contributed by atoms with van der Waals surface area (Å²) in [5.41, 5.74) is -0.582. The molecular formula is C27H19Cl2NO6. The highest BCUT2D eigenvalue weighted by Gasteiger charge is 2.71. The Bertz CT molecular complexity index is 1400. The Morgan fingerprint density at radius 1 is 0.917 bits per heavy atom. The van der Waals surface area contributed by atoms with Gasteiger partial charge < -0.3 is 15.2 Å². The maximum Gasteiger partial charge on any atom is 0.311 e. The van der Waals surface area contributed by atoms with E-state index in [-0.39, 0.29) is 21.2 Å². The van der Waals surface area contributed by atoms with Crippen LogP contribution in [0.3, 0.4) is 0 Å². The lowest BCUT2D eigenvalue weighted by molar-refractivity contribution is -0.147. The summed E-state index contributed by atoms with van der Waals surface area (Å²) in [6.07, 6.45) is -1.27. The molecule has 182 valence electrons. The zero-order valence-corrected chi connectivity index (χ0v) is 20.3. The Balaban J connectivity index is 1.66. The number of halogens is 2. The Hall–Kier alpha value is -3.52. The average molecular weight is 524 g/mol. The molecule has 2 N–H and O–H groups in total. The SMILES string of the molecule is Cc1ccc(NC(=O)C2C(c3ccc(Cl)c(Cl)c3)OC3(C(=O)c4ccccc4C3=O)C2C(=O)O)cc1. The summed E-state index contributed by atoms with van der Waals surface area (Å²) in [5.74, 6) is -7.03. The van der Waals surface area contributed by atoms with Gasteiger partial charge in [0.1, 0.15) is 5.92 Å². The lowest BCUT2D eigenvalue weighted by Crippen LogP contribution is -2.52. The third kappa shape index (κ3) is 3.63. The standard InChI is InChI=1S/C27H19Cl2NO6/c1-13-6-9-15(10-7-13)30-25(33)20-21(26(34)35)27(23(31)16-4-2-3-5-17(16)24(27)32)36-22(20)14-8-11-18(28)19(29)12-14/h2-12,20-22H,1H3,(H,30,33)(H,34,35). The number of amides is 1. The van der Waals surface area contributed by atoms with Crippen LogP contribution in [0.1, 0.15) is 37.9 Å². The largest absolute Gasteiger partial charge is 0.481 e. The van der Waals surface area contributed by atoms with Gasteiger partial charge in [0.05, 0.1) is 22.1 Å². The number of carbonyl (C=O) groups excluding carboxylic acids is 3. The van der Waals surface area contributed by atoms with Gasteiger partial charge in [0.15, 0.2) is 0 Å². The number of aliphatic carboxylic acids is 1. The van der Waals surface area contributed by atoms with E-state index in [1.54, 1.807) is 36.4 Å². The number of carboxylic acids is 1. The normalized spacial score (nSPS) is 22.0. The summed E-state index contributed by atoms with van der Waals surface area (Å²) in [5, 5.41) is 13.4. The number of ether oxygens (including phenoxy) is 1. The quantitative estimate of drug-likeness (QED) is 0.457. The minimum Gasteiger partial charge on any atom is -0.481 e. The van der Waals surface area contributed by atoms with Crippen LogP contribution < -0.4 is 5.32 Å². The molecule has 2 aliphatic rings. The van der Waals surface area contributed by atoms with Crippen LogP contribution >= 0.6 is 23.2 Å². The third-order valence-electron chi connectivity index (χ3n) is 6.69. The Morgan fingerprint density at radius 3 is 2.08 bits per heavy atom. The van der Waals surface area contributed by atoms with E-state index >= 15 is 0 Å². The summed E-state index contributed by atoms with van der Waals surface area (Å²) in [4.78, 5) is 53.6. The zero-order valence-electron chi connectivity index (χ0n) is 18.8. The van der Waals surface area contributed by atoms with E-state index < -0.39 is 47.0 Å². The molecule has 5 rings (SSSR count). The lowest BCUT2D eigenvalue weighted by Gasteiger charge is -2.25. The van der Waals surface area contributed by atoms with Crippen LogP contribution in [0.2, 0.25) is 10.0 Å². The maximum absolute atomic E-state index is 13.6. The first kappa shape index (κ1) is 24.2. The highest BCUT2D eigenvalue weighted by Crippen LogP contribution is 2.54. The molecule has 1 spiro atoms. The number of hydrogen-bond acceptors (Lipinski definition) is 5. The van der Waals surface area contributed by atoms with Crippen LogP contribution in [0.4, 0.5) is 5.69 Å². The molecule has 36 heavy (non-hydrogen) atoms. The van der Waals surface area contributed by atoms with Gasteiger partial charge >= 0.3 is 5.97 Å². The molecule has 7 nitrogen and oxygen atoms in total.